The summed E-state index contributed by atoms with van der Waals surface area (Å²) in [5.74, 6) is 0.862. The number of hydrogen-bond acceptors (Lipinski definition) is 3. The Labute approximate surface area is 125 Å². The van der Waals surface area contributed by atoms with Crippen molar-refractivity contribution in [3.63, 3.8) is 0 Å². The first kappa shape index (κ1) is 14.8. The lowest BCUT2D eigenvalue weighted by Gasteiger charge is -2.12. The molecule has 0 aliphatic rings. The third kappa shape index (κ3) is 3.48. The molecule has 2 aromatic rings. The molecule has 0 spiro atoms. The minimum absolute atomic E-state index is 0.171. The molecule has 0 bridgehead atoms. The van der Waals surface area contributed by atoms with Gasteiger partial charge in [0.1, 0.15) is 17.2 Å². The maximum Gasteiger partial charge on any atom is 0.136 e. The Morgan fingerprint density at radius 2 is 1.85 bits per heavy atom. The Morgan fingerprint density at radius 3 is 2.45 bits per heavy atom. The zero-order chi connectivity index (χ0) is 14.5. The maximum absolute atomic E-state index is 6.18. The van der Waals surface area contributed by atoms with Gasteiger partial charge in [-0.25, -0.2) is 9.97 Å². The molecule has 1 heterocycles. The summed E-state index contributed by atoms with van der Waals surface area (Å²) in [6.07, 6.45) is 3.56. The molecular weight excluding hydrogens is 272 g/mol. The SMILES string of the molecule is CCCc1c(Cl)ncnc1-c1ccc(OC(C)C)cc1. The average molecular weight is 291 g/mol. The Hall–Kier alpha value is -1.61. The molecule has 1 aromatic carbocycles. The van der Waals surface area contributed by atoms with Crippen molar-refractivity contribution in [2.45, 2.75) is 39.7 Å². The highest BCUT2D eigenvalue weighted by molar-refractivity contribution is 6.30. The van der Waals surface area contributed by atoms with E-state index in [4.69, 9.17) is 16.3 Å². The molecule has 0 aliphatic carbocycles. The predicted octanol–water partition coefficient (Wildman–Crippen LogP) is 4.54. The molecule has 3 nitrogen and oxygen atoms in total. The second-order valence-corrected chi connectivity index (χ2v) is 5.29. The number of halogens is 1. The Balaban J connectivity index is 2.34. The predicted molar refractivity (Wildman–Crippen MR) is 82.2 cm³/mol. The second-order valence-electron chi connectivity index (χ2n) is 4.93. The largest absolute Gasteiger partial charge is 0.491 e. The number of aromatic nitrogens is 2. The molecule has 0 fully saturated rings. The van der Waals surface area contributed by atoms with Crippen LogP contribution in [-0.4, -0.2) is 16.1 Å². The lowest BCUT2D eigenvalue weighted by Crippen LogP contribution is -2.05. The molecule has 0 aliphatic heterocycles. The summed E-state index contributed by atoms with van der Waals surface area (Å²) in [6, 6.07) is 7.94. The monoisotopic (exact) mass is 290 g/mol. The minimum Gasteiger partial charge on any atom is -0.491 e. The first-order chi connectivity index (χ1) is 9.61. The van der Waals surface area contributed by atoms with Gasteiger partial charge in [-0.2, -0.15) is 0 Å². The average Bonchev–Trinajstić information content (AvgIpc) is 2.42. The highest BCUT2D eigenvalue weighted by Crippen LogP contribution is 2.28. The first-order valence-electron chi connectivity index (χ1n) is 6.88. The van der Waals surface area contributed by atoms with E-state index in [1.165, 1.54) is 6.33 Å². The summed E-state index contributed by atoms with van der Waals surface area (Å²) < 4.78 is 5.65. The van der Waals surface area contributed by atoms with Crippen LogP contribution in [0.15, 0.2) is 30.6 Å². The van der Waals surface area contributed by atoms with E-state index in [-0.39, 0.29) is 6.10 Å². The van der Waals surface area contributed by atoms with E-state index in [9.17, 15) is 0 Å². The fraction of sp³-hybridized carbons (Fsp3) is 0.375. The fourth-order valence-electron chi connectivity index (χ4n) is 2.07. The van der Waals surface area contributed by atoms with Crippen molar-refractivity contribution in [2.24, 2.45) is 0 Å². The molecular formula is C16H19ClN2O. The number of hydrogen-bond donors (Lipinski definition) is 0. The number of nitrogens with zero attached hydrogens (tertiary/aromatic N) is 2. The highest BCUT2D eigenvalue weighted by atomic mass is 35.5. The summed E-state index contributed by atoms with van der Waals surface area (Å²) in [6.45, 7) is 6.14. The molecule has 0 unspecified atom stereocenters. The van der Waals surface area contributed by atoms with Crippen molar-refractivity contribution < 1.29 is 4.74 Å². The van der Waals surface area contributed by atoms with Crippen LogP contribution < -0.4 is 4.74 Å². The Morgan fingerprint density at radius 1 is 1.15 bits per heavy atom. The fourth-order valence-corrected chi connectivity index (χ4v) is 2.30. The van der Waals surface area contributed by atoms with Gasteiger partial charge in [0.05, 0.1) is 11.8 Å². The van der Waals surface area contributed by atoms with E-state index >= 15 is 0 Å². The summed E-state index contributed by atoms with van der Waals surface area (Å²) in [7, 11) is 0. The van der Waals surface area contributed by atoms with Gasteiger partial charge >= 0.3 is 0 Å². The molecule has 0 amide bonds. The van der Waals surface area contributed by atoms with Crippen LogP contribution in [0.2, 0.25) is 5.15 Å². The summed E-state index contributed by atoms with van der Waals surface area (Å²) in [5, 5.41) is 0.541. The van der Waals surface area contributed by atoms with Gasteiger partial charge in [0.2, 0.25) is 0 Å². The van der Waals surface area contributed by atoms with Gasteiger partial charge in [0, 0.05) is 11.1 Å². The van der Waals surface area contributed by atoms with E-state index in [1.54, 1.807) is 0 Å². The van der Waals surface area contributed by atoms with Crippen LogP contribution in [0.3, 0.4) is 0 Å². The summed E-state index contributed by atoms with van der Waals surface area (Å²) in [5.41, 5.74) is 2.95. The molecule has 0 radical (unpaired) electrons. The van der Waals surface area contributed by atoms with Crippen molar-refractivity contribution >= 4 is 11.6 Å². The molecule has 2 rings (SSSR count). The molecule has 4 heteroatoms. The molecule has 0 atom stereocenters. The zero-order valence-electron chi connectivity index (χ0n) is 12.1. The highest BCUT2D eigenvalue weighted by Gasteiger charge is 2.11. The van der Waals surface area contributed by atoms with Gasteiger partial charge in [-0.05, 0) is 44.5 Å². The van der Waals surface area contributed by atoms with Crippen molar-refractivity contribution in [3.05, 3.63) is 41.3 Å². The smallest absolute Gasteiger partial charge is 0.136 e. The molecule has 1 aromatic heterocycles. The van der Waals surface area contributed by atoms with Crippen LogP contribution in [-0.2, 0) is 6.42 Å². The van der Waals surface area contributed by atoms with Gasteiger partial charge in [-0.3, -0.25) is 0 Å². The number of ether oxygens (including phenoxy) is 1. The number of rotatable bonds is 5. The van der Waals surface area contributed by atoms with Crippen molar-refractivity contribution in [2.75, 3.05) is 0 Å². The van der Waals surface area contributed by atoms with Crippen LogP contribution in [0.5, 0.6) is 5.75 Å². The van der Waals surface area contributed by atoms with Crippen LogP contribution in [0, 0.1) is 0 Å². The van der Waals surface area contributed by atoms with E-state index in [1.807, 2.05) is 38.1 Å². The maximum atomic E-state index is 6.18. The van der Waals surface area contributed by atoms with Crippen LogP contribution in [0.1, 0.15) is 32.8 Å². The first-order valence-corrected chi connectivity index (χ1v) is 7.26. The van der Waals surface area contributed by atoms with Crippen LogP contribution >= 0.6 is 11.6 Å². The van der Waals surface area contributed by atoms with Crippen LogP contribution in [0.4, 0.5) is 0 Å². The third-order valence-electron chi connectivity index (χ3n) is 2.89. The van der Waals surface area contributed by atoms with E-state index < -0.39 is 0 Å². The second kappa shape index (κ2) is 6.71. The lowest BCUT2D eigenvalue weighted by atomic mass is 10.0. The molecule has 0 saturated carbocycles. The van der Waals surface area contributed by atoms with Crippen molar-refractivity contribution in [3.8, 4) is 17.0 Å². The quantitative estimate of drug-likeness (QED) is 0.759. The van der Waals surface area contributed by atoms with Gasteiger partial charge in [0.15, 0.2) is 0 Å². The van der Waals surface area contributed by atoms with E-state index in [2.05, 4.69) is 16.9 Å². The number of benzene rings is 1. The Kier molecular flexibility index (Phi) is 4.96. The van der Waals surface area contributed by atoms with Gasteiger partial charge in [-0.1, -0.05) is 24.9 Å². The zero-order valence-corrected chi connectivity index (χ0v) is 12.8. The molecule has 0 N–H and O–H groups in total. The van der Waals surface area contributed by atoms with Gasteiger partial charge < -0.3 is 4.74 Å². The summed E-state index contributed by atoms with van der Waals surface area (Å²) in [4.78, 5) is 8.45. The third-order valence-corrected chi connectivity index (χ3v) is 3.22. The topological polar surface area (TPSA) is 35.0 Å². The van der Waals surface area contributed by atoms with E-state index in [0.29, 0.717) is 5.15 Å². The molecule has 20 heavy (non-hydrogen) atoms. The van der Waals surface area contributed by atoms with Gasteiger partial charge in [0.25, 0.3) is 0 Å². The van der Waals surface area contributed by atoms with E-state index in [0.717, 1.165) is 35.4 Å². The van der Waals surface area contributed by atoms with Crippen LogP contribution in [0.25, 0.3) is 11.3 Å². The Bertz CT molecular complexity index is 567. The minimum atomic E-state index is 0.171. The van der Waals surface area contributed by atoms with Crippen molar-refractivity contribution in [1.82, 2.24) is 9.97 Å². The molecule has 106 valence electrons. The van der Waals surface area contributed by atoms with Gasteiger partial charge in [-0.15, -0.1) is 0 Å². The normalized spacial score (nSPS) is 10.8. The standard InChI is InChI=1S/C16H19ClN2O/c1-4-5-14-15(18-10-19-16(14)17)12-6-8-13(9-7-12)20-11(2)3/h6-11H,4-5H2,1-3H3. The summed E-state index contributed by atoms with van der Waals surface area (Å²) >= 11 is 6.18. The molecule has 0 saturated heterocycles. The lowest BCUT2D eigenvalue weighted by molar-refractivity contribution is 0.242. The van der Waals surface area contributed by atoms with Crippen molar-refractivity contribution in [1.29, 1.82) is 0 Å².